The lowest BCUT2D eigenvalue weighted by Gasteiger charge is -2.24. The first-order chi connectivity index (χ1) is 8.24. The molecule has 1 rings (SSSR count). The highest BCUT2D eigenvalue weighted by atomic mass is 15.3. The Labute approximate surface area is 105 Å². The van der Waals surface area contributed by atoms with Gasteiger partial charge in [0.15, 0.2) is 0 Å². The Balaban J connectivity index is 2.76. The normalized spacial score (nSPS) is 13.2. The molecule has 1 aromatic heterocycles. The Morgan fingerprint density at radius 1 is 1.18 bits per heavy atom. The van der Waals surface area contributed by atoms with E-state index in [-0.39, 0.29) is 6.04 Å². The topological polar surface area (TPSA) is 43.8 Å². The Bertz CT molecular complexity index is 300. The van der Waals surface area contributed by atoms with E-state index in [2.05, 4.69) is 36.6 Å². The highest BCUT2D eigenvalue weighted by molar-refractivity contribution is 5.07. The van der Waals surface area contributed by atoms with Gasteiger partial charge in [-0.1, -0.05) is 33.6 Å². The van der Waals surface area contributed by atoms with Crippen LogP contribution in [0.2, 0.25) is 0 Å². The zero-order chi connectivity index (χ0) is 12.7. The van der Waals surface area contributed by atoms with Crippen molar-refractivity contribution >= 4 is 0 Å². The lowest BCUT2D eigenvalue weighted by molar-refractivity contribution is 0.350. The molecule has 2 N–H and O–H groups in total. The fourth-order valence-corrected chi connectivity index (χ4v) is 2.51. The number of nitrogens with zero attached hydrogens (tertiary/aromatic N) is 2. The van der Waals surface area contributed by atoms with Crippen molar-refractivity contribution in [3.05, 3.63) is 18.0 Å². The number of hydrogen-bond acceptors (Lipinski definition) is 2. The first-order valence-corrected chi connectivity index (χ1v) is 7.01. The summed E-state index contributed by atoms with van der Waals surface area (Å²) in [5, 5.41) is 4.37. The number of aromatic nitrogens is 2. The number of rotatable bonds is 8. The van der Waals surface area contributed by atoms with Crippen LogP contribution in [0.25, 0.3) is 0 Å². The monoisotopic (exact) mass is 237 g/mol. The molecule has 17 heavy (non-hydrogen) atoms. The largest absolute Gasteiger partial charge is 0.322 e. The molecule has 0 spiro atoms. The van der Waals surface area contributed by atoms with Crippen LogP contribution in [0, 0.1) is 5.92 Å². The average molecular weight is 237 g/mol. The fraction of sp³-hybridized carbons (Fsp3) is 0.786. The Morgan fingerprint density at radius 3 is 2.35 bits per heavy atom. The van der Waals surface area contributed by atoms with Crippen LogP contribution in [0.1, 0.15) is 64.6 Å². The molecule has 3 nitrogen and oxygen atoms in total. The van der Waals surface area contributed by atoms with Gasteiger partial charge in [-0.3, -0.25) is 4.68 Å². The van der Waals surface area contributed by atoms with Crippen LogP contribution in [0.15, 0.2) is 12.3 Å². The van der Waals surface area contributed by atoms with Crippen LogP contribution < -0.4 is 5.73 Å². The second-order valence-corrected chi connectivity index (χ2v) is 4.84. The summed E-state index contributed by atoms with van der Waals surface area (Å²) < 4.78 is 2.07. The van der Waals surface area contributed by atoms with E-state index in [0.29, 0.717) is 5.92 Å². The maximum Gasteiger partial charge on any atom is 0.0554 e. The molecule has 0 saturated heterocycles. The van der Waals surface area contributed by atoms with Gasteiger partial charge in [0.2, 0.25) is 0 Å². The van der Waals surface area contributed by atoms with E-state index >= 15 is 0 Å². The summed E-state index contributed by atoms with van der Waals surface area (Å²) in [5.41, 5.74) is 7.63. The van der Waals surface area contributed by atoms with Crippen molar-refractivity contribution in [2.24, 2.45) is 11.7 Å². The van der Waals surface area contributed by atoms with Gasteiger partial charge in [-0.05, 0) is 31.2 Å². The van der Waals surface area contributed by atoms with Gasteiger partial charge in [-0.15, -0.1) is 0 Å². The molecule has 0 aliphatic heterocycles. The van der Waals surface area contributed by atoms with E-state index in [4.69, 9.17) is 5.73 Å². The van der Waals surface area contributed by atoms with E-state index in [1.54, 1.807) is 0 Å². The van der Waals surface area contributed by atoms with Crippen LogP contribution in [-0.2, 0) is 6.54 Å². The predicted octanol–water partition coefficient (Wildman–Crippen LogP) is 3.51. The zero-order valence-corrected chi connectivity index (χ0v) is 11.5. The molecule has 3 heteroatoms. The highest BCUT2D eigenvalue weighted by Gasteiger charge is 2.20. The summed E-state index contributed by atoms with van der Waals surface area (Å²) in [6, 6.07) is 2.22. The summed E-state index contributed by atoms with van der Waals surface area (Å²) in [7, 11) is 0. The maximum absolute atomic E-state index is 6.43. The minimum absolute atomic E-state index is 0.143. The molecule has 0 fully saturated rings. The van der Waals surface area contributed by atoms with Crippen molar-refractivity contribution in [3.63, 3.8) is 0 Å². The van der Waals surface area contributed by atoms with Gasteiger partial charge in [0.1, 0.15) is 0 Å². The van der Waals surface area contributed by atoms with Crippen LogP contribution in [-0.4, -0.2) is 9.78 Å². The third-order valence-corrected chi connectivity index (χ3v) is 3.35. The van der Waals surface area contributed by atoms with Gasteiger partial charge >= 0.3 is 0 Å². The van der Waals surface area contributed by atoms with Crippen LogP contribution in [0.4, 0.5) is 0 Å². The minimum Gasteiger partial charge on any atom is -0.322 e. The smallest absolute Gasteiger partial charge is 0.0554 e. The number of hydrogen-bond donors (Lipinski definition) is 1. The van der Waals surface area contributed by atoms with Crippen LogP contribution in [0.3, 0.4) is 0 Å². The predicted molar refractivity (Wildman–Crippen MR) is 72.8 cm³/mol. The molecule has 0 aromatic carbocycles. The van der Waals surface area contributed by atoms with Gasteiger partial charge in [0.25, 0.3) is 0 Å². The van der Waals surface area contributed by atoms with Crippen LogP contribution in [0.5, 0.6) is 0 Å². The Kier molecular flexibility index (Phi) is 6.27. The lowest BCUT2D eigenvalue weighted by atomic mass is 9.89. The summed E-state index contributed by atoms with van der Waals surface area (Å²) >= 11 is 0. The van der Waals surface area contributed by atoms with Crippen molar-refractivity contribution in [2.45, 2.75) is 65.5 Å². The molecule has 1 unspecified atom stereocenters. The molecule has 0 aliphatic rings. The van der Waals surface area contributed by atoms with Gasteiger partial charge < -0.3 is 5.73 Å². The molecule has 1 heterocycles. The number of aryl methyl sites for hydroxylation is 1. The first kappa shape index (κ1) is 14.2. The summed E-state index contributed by atoms with van der Waals surface area (Å²) in [6.07, 6.45) is 7.83. The summed E-state index contributed by atoms with van der Waals surface area (Å²) in [5.74, 6) is 0.595. The Morgan fingerprint density at radius 2 is 1.82 bits per heavy atom. The van der Waals surface area contributed by atoms with Crippen molar-refractivity contribution in [1.82, 2.24) is 9.78 Å². The molecule has 1 atom stereocenters. The van der Waals surface area contributed by atoms with Crippen molar-refractivity contribution < 1.29 is 0 Å². The molecule has 98 valence electrons. The van der Waals surface area contributed by atoms with E-state index in [1.807, 2.05) is 6.20 Å². The van der Waals surface area contributed by atoms with Gasteiger partial charge in [0.05, 0.1) is 5.69 Å². The second-order valence-electron chi connectivity index (χ2n) is 4.84. The van der Waals surface area contributed by atoms with Crippen molar-refractivity contribution in [2.75, 3.05) is 0 Å². The third-order valence-electron chi connectivity index (χ3n) is 3.35. The quantitative estimate of drug-likeness (QED) is 0.752. The first-order valence-electron chi connectivity index (χ1n) is 7.01. The molecule has 0 saturated carbocycles. The van der Waals surface area contributed by atoms with Gasteiger partial charge in [-0.2, -0.15) is 5.10 Å². The van der Waals surface area contributed by atoms with Gasteiger partial charge in [-0.25, -0.2) is 0 Å². The van der Waals surface area contributed by atoms with Crippen molar-refractivity contribution in [1.29, 1.82) is 0 Å². The van der Waals surface area contributed by atoms with E-state index in [9.17, 15) is 0 Å². The number of nitrogens with two attached hydrogens (primary N) is 1. The van der Waals surface area contributed by atoms with Crippen molar-refractivity contribution in [3.8, 4) is 0 Å². The standard InChI is InChI=1S/C14H27N3/c1-4-7-12(8-5-2)14(15)13-9-10-16-17(13)11-6-3/h9-10,12,14H,4-8,11,15H2,1-3H3. The van der Waals surface area contributed by atoms with E-state index < -0.39 is 0 Å². The molecular weight excluding hydrogens is 210 g/mol. The molecule has 0 radical (unpaired) electrons. The maximum atomic E-state index is 6.43. The lowest BCUT2D eigenvalue weighted by Crippen LogP contribution is -2.24. The third kappa shape index (κ3) is 3.84. The van der Waals surface area contributed by atoms with E-state index in [1.165, 1.54) is 31.4 Å². The minimum atomic E-state index is 0.143. The zero-order valence-electron chi connectivity index (χ0n) is 11.5. The summed E-state index contributed by atoms with van der Waals surface area (Å²) in [4.78, 5) is 0. The molecule has 0 aliphatic carbocycles. The van der Waals surface area contributed by atoms with Gasteiger partial charge in [0, 0.05) is 18.8 Å². The van der Waals surface area contributed by atoms with E-state index in [0.717, 1.165) is 13.0 Å². The SMILES string of the molecule is CCCC(CCC)C(N)c1ccnn1CCC. The second kappa shape index (κ2) is 7.49. The molecule has 1 aromatic rings. The molecular formula is C14H27N3. The average Bonchev–Trinajstić information content (AvgIpc) is 2.77. The molecule has 0 amide bonds. The van der Waals surface area contributed by atoms with Crippen LogP contribution >= 0.6 is 0 Å². The highest BCUT2D eigenvalue weighted by Crippen LogP contribution is 2.27. The summed E-state index contributed by atoms with van der Waals surface area (Å²) in [6.45, 7) is 7.62. The Hall–Kier alpha value is -0.830. The molecule has 0 bridgehead atoms. The fourth-order valence-electron chi connectivity index (χ4n) is 2.51.